The van der Waals surface area contributed by atoms with Crippen LogP contribution in [-0.2, 0) is 19.1 Å². The van der Waals surface area contributed by atoms with Crippen molar-refractivity contribution in [3.05, 3.63) is 98.6 Å². The summed E-state index contributed by atoms with van der Waals surface area (Å²) in [4.78, 5) is 50.7. The molecule has 35 heavy (non-hydrogen) atoms. The third-order valence-electron chi connectivity index (χ3n) is 4.95. The smallest absolute Gasteiger partial charge is 0.349 e. The molecule has 0 radical (unpaired) electrons. The molecule has 0 unspecified atom stereocenters. The summed E-state index contributed by atoms with van der Waals surface area (Å²) in [5.41, 5.74) is 2.35. The van der Waals surface area contributed by atoms with Gasteiger partial charge in [-0.1, -0.05) is 47.5 Å². The average molecular weight is 587 g/mol. The number of carboxylic acids is 1. The predicted octanol–water partition coefficient (Wildman–Crippen LogP) is 4.38. The number of hydrogen-bond donors (Lipinski definition) is 2. The molecule has 0 aliphatic carbocycles. The highest BCUT2D eigenvalue weighted by Gasteiger charge is 2.41. The molecule has 0 bridgehead atoms. The van der Waals surface area contributed by atoms with Crippen molar-refractivity contribution in [2.24, 2.45) is 0 Å². The van der Waals surface area contributed by atoms with Crippen LogP contribution < -0.4 is 5.32 Å². The van der Waals surface area contributed by atoms with E-state index in [1.807, 2.05) is 36.4 Å². The van der Waals surface area contributed by atoms with Gasteiger partial charge in [0.1, 0.15) is 0 Å². The molecule has 3 rings (SSSR count). The van der Waals surface area contributed by atoms with Crippen LogP contribution >= 0.6 is 22.6 Å². The molecule has 0 saturated heterocycles. The molecule has 0 aliphatic rings. The van der Waals surface area contributed by atoms with Crippen molar-refractivity contribution in [3.8, 4) is 0 Å². The van der Waals surface area contributed by atoms with Gasteiger partial charge < -0.3 is 19.9 Å². The fraction of sp³-hybridized carbons (Fsp3) is 0.154. The first-order valence-corrected chi connectivity index (χ1v) is 11.6. The van der Waals surface area contributed by atoms with Gasteiger partial charge in [-0.2, -0.15) is 0 Å². The van der Waals surface area contributed by atoms with Crippen LogP contribution in [0, 0.1) is 17.4 Å². The number of carbonyl (C=O) groups excluding carboxylic acids is 3. The first-order chi connectivity index (χ1) is 16.7. The molecule has 1 amide bonds. The number of para-hydroxylation sites is 1. The lowest BCUT2D eigenvalue weighted by molar-refractivity contribution is -0.157. The van der Waals surface area contributed by atoms with E-state index in [0.29, 0.717) is 9.26 Å². The lowest BCUT2D eigenvalue weighted by atomic mass is 10.1. The summed E-state index contributed by atoms with van der Waals surface area (Å²) in [7, 11) is 0. The van der Waals surface area contributed by atoms with Gasteiger partial charge in [-0.15, -0.1) is 0 Å². The zero-order valence-electron chi connectivity index (χ0n) is 18.9. The third-order valence-corrected chi connectivity index (χ3v) is 5.89. The maximum atomic E-state index is 13.1. The van der Waals surface area contributed by atoms with Crippen molar-refractivity contribution >= 4 is 52.1 Å². The van der Waals surface area contributed by atoms with E-state index >= 15 is 0 Å². The molecule has 0 aliphatic heterocycles. The number of esters is 2. The number of rotatable bonds is 8. The first kappa shape index (κ1) is 25.9. The van der Waals surface area contributed by atoms with Crippen molar-refractivity contribution in [1.29, 1.82) is 0 Å². The number of carbonyl (C=O) groups is 4. The number of carboxylic acid groups (broad SMARTS) is 1. The molecule has 3 aromatic carbocycles. The summed E-state index contributed by atoms with van der Waals surface area (Å²) in [6.07, 6.45) is -4.06. The largest absolute Gasteiger partial charge is 0.478 e. The van der Waals surface area contributed by atoms with Gasteiger partial charge in [0.05, 0.1) is 16.8 Å². The Labute approximate surface area is 215 Å². The Morgan fingerprint density at radius 1 is 0.743 bits per heavy atom. The molecule has 2 N–H and O–H groups in total. The number of ether oxygens (including phenoxy) is 2. The molecule has 8 nitrogen and oxygen atoms in total. The van der Waals surface area contributed by atoms with Crippen LogP contribution in [0.3, 0.4) is 0 Å². The van der Waals surface area contributed by atoms with Crippen LogP contribution in [0.4, 0.5) is 5.69 Å². The number of benzene rings is 3. The normalized spacial score (nSPS) is 12.2. The Balaban J connectivity index is 1.91. The Hall–Kier alpha value is -3.73. The summed E-state index contributed by atoms with van der Waals surface area (Å²) in [6.45, 7) is 3.66. The summed E-state index contributed by atoms with van der Waals surface area (Å²) in [6, 6.07) is 19.3. The van der Waals surface area contributed by atoms with Crippen LogP contribution in [0.5, 0.6) is 0 Å². The van der Waals surface area contributed by atoms with Crippen molar-refractivity contribution < 1.29 is 33.8 Å². The van der Waals surface area contributed by atoms with Crippen molar-refractivity contribution in [2.45, 2.75) is 26.1 Å². The average Bonchev–Trinajstić information content (AvgIpc) is 2.83. The van der Waals surface area contributed by atoms with E-state index in [2.05, 4.69) is 5.32 Å². The topological polar surface area (TPSA) is 119 Å². The Morgan fingerprint density at radius 3 is 1.66 bits per heavy atom. The van der Waals surface area contributed by atoms with E-state index in [0.717, 1.165) is 11.1 Å². The van der Waals surface area contributed by atoms with Gasteiger partial charge in [0, 0.05) is 3.57 Å². The van der Waals surface area contributed by atoms with E-state index in [1.165, 1.54) is 24.3 Å². The molecule has 180 valence electrons. The molecular formula is C26H22INO7. The lowest BCUT2D eigenvalue weighted by Gasteiger charge is -2.24. The molecule has 0 saturated carbocycles. The number of aliphatic carboxylic acids is 1. The number of halogens is 1. The molecule has 2 atom stereocenters. The number of amides is 1. The number of nitrogens with one attached hydrogen (secondary N) is 1. The standard InChI is InChI=1S/C26H22INO7/c1-15-7-11-17(12-8-15)25(32)34-21(23(29)28-20-6-4-3-5-19(20)27)22(24(30)31)35-26(33)18-13-9-16(2)10-14-18/h3-14,21-22H,1-2H3,(H,28,29)(H,30,31)/t21-,22-/m0/s1. The van der Waals surface area contributed by atoms with Gasteiger partial charge in [-0.05, 0) is 72.8 Å². The fourth-order valence-electron chi connectivity index (χ4n) is 3.01. The first-order valence-electron chi connectivity index (χ1n) is 10.5. The summed E-state index contributed by atoms with van der Waals surface area (Å²) >= 11 is 1.99. The summed E-state index contributed by atoms with van der Waals surface area (Å²) < 4.78 is 11.2. The van der Waals surface area contributed by atoms with Gasteiger partial charge in [0.25, 0.3) is 5.91 Å². The van der Waals surface area contributed by atoms with Gasteiger partial charge in [-0.25, -0.2) is 14.4 Å². The molecule has 0 spiro atoms. The SMILES string of the molecule is Cc1ccc(C(=O)O[C@H](C(=O)O)[C@H](OC(=O)c2ccc(C)cc2)C(=O)Nc2ccccc2I)cc1. The van der Waals surface area contributed by atoms with Gasteiger partial charge >= 0.3 is 17.9 Å². The molecule has 0 heterocycles. The zero-order chi connectivity index (χ0) is 25.5. The Bertz CT molecular complexity index is 1240. The van der Waals surface area contributed by atoms with Crippen molar-refractivity contribution in [1.82, 2.24) is 0 Å². The van der Waals surface area contributed by atoms with E-state index < -0.39 is 36.0 Å². The van der Waals surface area contributed by atoms with E-state index in [9.17, 15) is 24.3 Å². The highest BCUT2D eigenvalue weighted by molar-refractivity contribution is 14.1. The summed E-state index contributed by atoms with van der Waals surface area (Å²) in [5, 5.41) is 12.4. The quantitative estimate of drug-likeness (QED) is 0.297. The zero-order valence-corrected chi connectivity index (χ0v) is 21.0. The maximum absolute atomic E-state index is 13.1. The minimum absolute atomic E-state index is 0.0866. The third kappa shape index (κ3) is 6.89. The van der Waals surface area contributed by atoms with Crippen molar-refractivity contribution in [2.75, 3.05) is 5.32 Å². The van der Waals surface area contributed by atoms with Crippen molar-refractivity contribution in [3.63, 3.8) is 0 Å². The van der Waals surface area contributed by atoms with Crippen LogP contribution in [-0.4, -0.2) is 41.1 Å². The molecular weight excluding hydrogens is 565 g/mol. The molecule has 3 aromatic rings. The molecule has 9 heteroatoms. The van der Waals surface area contributed by atoms with Gasteiger partial charge in [0.2, 0.25) is 12.2 Å². The minimum Gasteiger partial charge on any atom is -0.478 e. The highest BCUT2D eigenvalue weighted by Crippen LogP contribution is 2.20. The lowest BCUT2D eigenvalue weighted by Crippen LogP contribution is -2.48. The Morgan fingerprint density at radius 2 is 1.20 bits per heavy atom. The molecule has 0 aromatic heterocycles. The second-order valence-electron chi connectivity index (χ2n) is 7.69. The van der Waals surface area contributed by atoms with Gasteiger partial charge in [-0.3, -0.25) is 4.79 Å². The highest BCUT2D eigenvalue weighted by atomic mass is 127. The predicted molar refractivity (Wildman–Crippen MR) is 136 cm³/mol. The fourth-order valence-corrected chi connectivity index (χ4v) is 3.53. The number of hydrogen-bond acceptors (Lipinski definition) is 6. The van der Waals surface area contributed by atoms with E-state index in [-0.39, 0.29) is 11.1 Å². The second kappa shape index (κ2) is 11.6. The second-order valence-corrected chi connectivity index (χ2v) is 8.85. The van der Waals surface area contributed by atoms with Crippen LogP contribution in [0.2, 0.25) is 0 Å². The Kier molecular flexibility index (Phi) is 8.58. The molecule has 0 fully saturated rings. The monoisotopic (exact) mass is 587 g/mol. The van der Waals surface area contributed by atoms with Crippen LogP contribution in [0.15, 0.2) is 72.8 Å². The maximum Gasteiger partial charge on any atom is 0.349 e. The van der Waals surface area contributed by atoms with Crippen LogP contribution in [0.1, 0.15) is 31.8 Å². The minimum atomic E-state index is -2.10. The number of aryl methyl sites for hydroxylation is 2. The van der Waals surface area contributed by atoms with E-state index in [1.54, 1.807) is 48.5 Å². The van der Waals surface area contributed by atoms with E-state index in [4.69, 9.17) is 9.47 Å². The van der Waals surface area contributed by atoms with Gasteiger partial charge in [0.15, 0.2) is 0 Å². The number of anilines is 1. The summed E-state index contributed by atoms with van der Waals surface area (Å²) in [5.74, 6) is -4.52. The van der Waals surface area contributed by atoms with Crippen LogP contribution in [0.25, 0.3) is 0 Å².